The van der Waals surface area contributed by atoms with Crippen LogP contribution in [0.4, 0.5) is 0 Å². The molecule has 4 N–H and O–H groups in total. The van der Waals surface area contributed by atoms with Gasteiger partial charge in [0.25, 0.3) is 0 Å². The molecular weight excluding hydrogens is 240 g/mol. The van der Waals surface area contributed by atoms with Crippen LogP contribution in [0.1, 0.15) is 51.4 Å². The van der Waals surface area contributed by atoms with Crippen molar-refractivity contribution in [3.63, 3.8) is 0 Å². The van der Waals surface area contributed by atoms with E-state index in [0.29, 0.717) is 11.8 Å². The van der Waals surface area contributed by atoms with Gasteiger partial charge < -0.3 is 16.2 Å². The largest absolute Gasteiger partial charge is 0.394 e. The fraction of sp³-hybridized carbons (Fsp3) is 0.933. The Labute approximate surface area is 115 Å². The lowest BCUT2D eigenvalue weighted by Crippen LogP contribution is -2.57. The van der Waals surface area contributed by atoms with E-state index in [4.69, 9.17) is 5.73 Å². The van der Waals surface area contributed by atoms with Crippen molar-refractivity contribution >= 4 is 5.91 Å². The van der Waals surface area contributed by atoms with Crippen LogP contribution in [0.15, 0.2) is 0 Å². The normalized spacial score (nSPS) is 40.3. The summed E-state index contributed by atoms with van der Waals surface area (Å²) >= 11 is 0. The van der Waals surface area contributed by atoms with E-state index in [1.807, 2.05) is 0 Å². The zero-order valence-corrected chi connectivity index (χ0v) is 11.6. The number of hydrogen-bond acceptors (Lipinski definition) is 3. The first kappa shape index (κ1) is 13.4. The summed E-state index contributed by atoms with van der Waals surface area (Å²) in [6.07, 6.45) is 8.71. The number of nitrogens with two attached hydrogens (primary N) is 1. The summed E-state index contributed by atoms with van der Waals surface area (Å²) in [5.74, 6) is 1.14. The van der Waals surface area contributed by atoms with E-state index in [0.717, 1.165) is 38.5 Å². The van der Waals surface area contributed by atoms with Gasteiger partial charge in [-0.15, -0.1) is 0 Å². The molecule has 0 saturated heterocycles. The first-order valence-electron chi connectivity index (χ1n) is 7.84. The quantitative estimate of drug-likeness (QED) is 0.718. The Morgan fingerprint density at radius 3 is 2.47 bits per heavy atom. The lowest BCUT2D eigenvalue weighted by molar-refractivity contribution is -0.130. The summed E-state index contributed by atoms with van der Waals surface area (Å²) in [6, 6.07) is 0.0399. The summed E-state index contributed by atoms with van der Waals surface area (Å²) < 4.78 is 0. The average molecular weight is 266 g/mol. The number of carbonyl (C=O) groups is 1. The molecule has 0 aromatic rings. The van der Waals surface area contributed by atoms with Crippen LogP contribution in [0.3, 0.4) is 0 Å². The first-order chi connectivity index (χ1) is 9.15. The summed E-state index contributed by atoms with van der Waals surface area (Å²) in [7, 11) is 0. The molecule has 4 atom stereocenters. The van der Waals surface area contributed by atoms with Crippen molar-refractivity contribution in [1.29, 1.82) is 0 Å². The Kier molecular flexibility index (Phi) is 3.56. The number of nitrogens with one attached hydrogen (secondary N) is 1. The molecule has 108 valence electrons. The Hall–Kier alpha value is -0.610. The number of fused-ring (bicyclic) bond motifs is 2. The van der Waals surface area contributed by atoms with E-state index in [9.17, 15) is 9.90 Å². The maximum Gasteiger partial charge on any atom is 0.225 e. The fourth-order valence-corrected chi connectivity index (χ4v) is 4.62. The van der Waals surface area contributed by atoms with Gasteiger partial charge >= 0.3 is 0 Å². The van der Waals surface area contributed by atoms with E-state index < -0.39 is 0 Å². The second kappa shape index (κ2) is 5.06. The summed E-state index contributed by atoms with van der Waals surface area (Å²) in [6.45, 7) is 0.0643. The van der Waals surface area contributed by atoms with Crippen LogP contribution < -0.4 is 11.1 Å². The highest BCUT2D eigenvalue weighted by Gasteiger charge is 2.50. The average Bonchev–Trinajstić information content (AvgIpc) is 3.00. The van der Waals surface area contributed by atoms with Gasteiger partial charge in [0, 0.05) is 6.04 Å². The molecule has 1 amide bonds. The standard InChI is InChI=1S/C15H26N2O2/c16-13-11-5-4-10(8-11)12(13)14(19)17-15(9-18)6-2-1-3-7-15/h10-13,18H,1-9,16H2,(H,17,19). The SMILES string of the molecule is NC1C2CCC(C2)C1C(=O)NC1(CO)CCCCC1. The lowest BCUT2D eigenvalue weighted by atomic mass is 9.80. The molecule has 4 heteroatoms. The van der Waals surface area contributed by atoms with Crippen molar-refractivity contribution in [3.8, 4) is 0 Å². The topological polar surface area (TPSA) is 75.4 Å². The Morgan fingerprint density at radius 1 is 1.21 bits per heavy atom. The number of carbonyl (C=O) groups excluding carboxylic acids is 1. The molecule has 4 nitrogen and oxygen atoms in total. The third kappa shape index (κ3) is 2.29. The van der Waals surface area contributed by atoms with E-state index in [1.54, 1.807) is 0 Å². The van der Waals surface area contributed by atoms with Gasteiger partial charge in [-0.2, -0.15) is 0 Å². The van der Waals surface area contributed by atoms with Crippen LogP contribution in [0.2, 0.25) is 0 Å². The molecule has 4 unspecified atom stereocenters. The third-order valence-electron chi connectivity index (χ3n) is 5.79. The van der Waals surface area contributed by atoms with Crippen LogP contribution in [0.25, 0.3) is 0 Å². The molecule has 3 aliphatic rings. The van der Waals surface area contributed by atoms with E-state index in [-0.39, 0.29) is 30.0 Å². The summed E-state index contributed by atoms with van der Waals surface area (Å²) in [4.78, 5) is 12.6. The molecule has 3 fully saturated rings. The number of rotatable bonds is 3. The highest BCUT2D eigenvalue weighted by molar-refractivity contribution is 5.81. The van der Waals surface area contributed by atoms with Crippen molar-refractivity contribution in [2.45, 2.75) is 62.9 Å². The summed E-state index contributed by atoms with van der Waals surface area (Å²) in [5, 5.41) is 12.9. The molecule has 0 radical (unpaired) electrons. The van der Waals surface area contributed by atoms with Gasteiger partial charge in [0.1, 0.15) is 0 Å². The van der Waals surface area contributed by atoms with Crippen LogP contribution in [0.5, 0.6) is 0 Å². The van der Waals surface area contributed by atoms with Crippen molar-refractivity contribution in [3.05, 3.63) is 0 Å². The molecular formula is C15H26N2O2. The zero-order valence-electron chi connectivity index (χ0n) is 11.6. The van der Waals surface area contributed by atoms with Gasteiger partial charge in [-0.3, -0.25) is 4.79 Å². The van der Waals surface area contributed by atoms with Gasteiger partial charge in [0.05, 0.1) is 18.1 Å². The van der Waals surface area contributed by atoms with Gasteiger partial charge in [-0.05, 0) is 43.9 Å². The van der Waals surface area contributed by atoms with E-state index in [2.05, 4.69) is 5.32 Å². The second-order valence-electron chi connectivity index (χ2n) is 6.92. The number of amides is 1. The molecule has 0 aromatic heterocycles. The highest BCUT2D eigenvalue weighted by Crippen LogP contribution is 2.48. The maximum atomic E-state index is 12.6. The molecule has 3 aliphatic carbocycles. The molecule has 3 saturated carbocycles. The molecule has 0 aliphatic heterocycles. The van der Waals surface area contributed by atoms with Crippen molar-refractivity contribution in [2.75, 3.05) is 6.61 Å². The predicted octanol–water partition coefficient (Wildman–Crippen LogP) is 1.17. The Balaban J connectivity index is 1.67. The second-order valence-corrected chi connectivity index (χ2v) is 6.92. The minimum atomic E-state index is -0.364. The van der Waals surface area contributed by atoms with Gasteiger partial charge in [-0.1, -0.05) is 19.3 Å². The van der Waals surface area contributed by atoms with Crippen LogP contribution >= 0.6 is 0 Å². The monoisotopic (exact) mass is 266 g/mol. The van der Waals surface area contributed by atoms with Crippen LogP contribution in [-0.4, -0.2) is 29.2 Å². The third-order valence-corrected chi connectivity index (χ3v) is 5.79. The minimum Gasteiger partial charge on any atom is -0.394 e. The van der Waals surface area contributed by atoms with Gasteiger partial charge in [0.2, 0.25) is 5.91 Å². The molecule has 2 bridgehead atoms. The highest BCUT2D eigenvalue weighted by atomic mass is 16.3. The fourth-order valence-electron chi connectivity index (χ4n) is 4.62. The zero-order chi connectivity index (χ0) is 13.5. The minimum absolute atomic E-state index is 0.0101. The van der Waals surface area contributed by atoms with Crippen LogP contribution in [-0.2, 0) is 4.79 Å². The Morgan fingerprint density at radius 2 is 1.89 bits per heavy atom. The van der Waals surface area contributed by atoms with Gasteiger partial charge in [-0.25, -0.2) is 0 Å². The summed E-state index contributed by atoms with van der Waals surface area (Å²) in [5.41, 5.74) is 5.87. The predicted molar refractivity (Wildman–Crippen MR) is 73.3 cm³/mol. The van der Waals surface area contributed by atoms with E-state index >= 15 is 0 Å². The molecule has 0 spiro atoms. The number of aliphatic hydroxyl groups is 1. The van der Waals surface area contributed by atoms with Crippen molar-refractivity contribution in [1.82, 2.24) is 5.32 Å². The molecule has 0 heterocycles. The maximum absolute atomic E-state index is 12.6. The number of hydrogen-bond donors (Lipinski definition) is 3. The first-order valence-corrected chi connectivity index (χ1v) is 7.84. The van der Waals surface area contributed by atoms with Crippen LogP contribution in [0, 0.1) is 17.8 Å². The number of aliphatic hydroxyl groups excluding tert-OH is 1. The van der Waals surface area contributed by atoms with Gasteiger partial charge in [0.15, 0.2) is 0 Å². The molecule has 0 aromatic carbocycles. The lowest BCUT2D eigenvalue weighted by Gasteiger charge is -2.39. The van der Waals surface area contributed by atoms with Crippen molar-refractivity contribution in [2.24, 2.45) is 23.5 Å². The van der Waals surface area contributed by atoms with Crippen molar-refractivity contribution < 1.29 is 9.90 Å². The smallest absolute Gasteiger partial charge is 0.225 e. The Bertz CT molecular complexity index is 350. The molecule has 19 heavy (non-hydrogen) atoms. The molecule has 3 rings (SSSR count). The van der Waals surface area contributed by atoms with E-state index in [1.165, 1.54) is 12.8 Å².